The minimum atomic E-state index is 0.689. The van der Waals surface area contributed by atoms with Gasteiger partial charge in [-0.05, 0) is 24.5 Å². The summed E-state index contributed by atoms with van der Waals surface area (Å²) in [4.78, 5) is 0. The molecule has 2 radical (unpaired) electrons. The van der Waals surface area contributed by atoms with Crippen LogP contribution in [0.2, 0.25) is 0 Å². The fraction of sp³-hybridized carbons (Fsp3) is 0.455. The predicted octanol–water partition coefficient (Wildman–Crippen LogP) is 1.91. The zero-order chi connectivity index (χ0) is 9.68. The molecule has 0 N–H and O–H groups in total. The largest absolute Gasteiger partial charge is 0.494 e. The highest BCUT2D eigenvalue weighted by atomic mass is 16.5. The minimum Gasteiger partial charge on any atom is -0.494 e. The molecule has 2 heteroatoms. The van der Waals surface area contributed by atoms with E-state index in [-0.39, 0.29) is 0 Å². The molecule has 13 heavy (non-hydrogen) atoms. The minimum absolute atomic E-state index is 0.689. The molecule has 0 unspecified atom stereocenters. The smallest absolute Gasteiger partial charge is 0.119 e. The van der Waals surface area contributed by atoms with Gasteiger partial charge in [-0.15, -0.1) is 0 Å². The molecule has 0 saturated heterocycles. The summed E-state index contributed by atoms with van der Waals surface area (Å²) >= 11 is 0. The molecule has 0 fully saturated rings. The predicted molar refractivity (Wildman–Crippen MR) is 56.8 cm³/mol. The molecular formula is C11H15BO. The summed E-state index contributed by atoms with van der Waals surface area (Å²) in [6.45, 7) is 5.15. The fourth-order valence-electron chi connectivity index (χ4n) is 0.977. The third-order valence-corrected chi connectivity index (χ3v) is 1.84. The van der Waals surface area contributed by atoms with Gasteiger partial charge in [0.25, 0.3) is 0 Å². The highest BCUT2D eigenvalue weighted by Crippen LogP contribution is 2.08. The van der Waals surface area contributed by atoms with Gasteiger partial charge in [0.05, 0.1) is 6.61 Å². The van der Waals surface area contributed by atoms with Crippen LogP contribution in [0.25, 0.3) is 0 Å². The SMILES string of the molecule is [B]c1ccc(OCCC(C)C)cc1. The molecule has 0 bridgehead atoms. The molecule has 0 atom stereocenters. The van der Waals surface area contributed by atoms with Crippen LogP contribution in [0.5, 0.6) is 5.75 Å². The van der Waals surface area contributed by atoms with Crippen LogP contribution in [0.3, 0.4) is 0 Å². The first-order chi connectivity index (χ1) is 6.18. The van der Waals surface area contributed by atoms with Crippen molar-refractivity contribution in [3.8, 4) is 5.75 Å². The second-order valence-corrected chi connectivity index (χ2v) is 3.60. The third kappa shape index (κ3) is 4.02. The summed E-state index contributed by atoms with van der Waals surface area (Å²) < 4.78 is 5.52. The van der Waals surface area contributed by atoms with Gasteiger partial charge in [-0.25, -0.2) is 0 Å². The number of benzene rings is 1. The van der Waals surface area contributed by atoms with Gasteiger partial charge in [0, 0.05) is 0 Å². The van der Waals surface area contributed by atoms with Crippen molar-refractivity contribution in [1.29, 1.82) is 0 Å². The van der Waals surface area contributed by atoms with Gasteiger partial charge < -0.3 is 4.74 Å². The summed E-state index contributed by atoms with van der Waals surface area (Å²) in [6, 6.07) is 7.50. The summed E-state index contributed by atoms with van der Waals surface area (Å²) in [6.07, 6.45) is 1.09. The second kappa shape index (κ2) is 4.95. The average molecular weight is 174 g/mol. The quantitative estimate of drug-likeness (QED) is 0.633. The van der Waals surface area contributed by atoms with Gasteiger partial charge in [-0.2, -0.15) is 0 Å². The Morgan fingerprint density at radius 3 is 2.38 bits per heavy atom. The average Bonchev–Trinajstić information content (AvgIpc) is 2.08. The van der Waals surface area contributed by atoms with Crippen LogP contribution in [0.1, 0.15) is 20.3 Å². The van der Waals surface area contributed by atoms with Gasteiger partial charge in [0.2, 0.25) is 0 Å². The maximum Gasteiger partial charge on any atom is 0.119 e. The lowest BCUT2D eigenvalue weighted by atomic mass is 9.97. The first-order valence-electron chi connectivity index (χ1n) is 4.67. The Morgan fingerprint density at radius 1 is 1.23 bits per heavy atom. The zero-order valence-corrected chi connectivity index (χ0v) is 8.29. The van der Waals surface area contributed by atoms with Gasteiger partial charge in [-0.3, -0.25) is 0 Å². The van der Waals surface area contributed by atoms with Crippen molar-refractivity contribution in [3.05, 3.63) is 24.3 Å². The van der Waals surface area contributed by atoms with Crippen molar-refractivity contribution in [2.45, 2.75) is 20.3 Å². The molecule has 68 valence electrons. The third-order valence-electron chi connectivity index (χ3n) is 1.84. The van der Waals surface area contributed by atoms with E-state index in [0.717, 1.165) is 24.2 Å². The fourth-order valence-corrected chi connectivity index (χ4v) is 0.977. The standard InChI is InChI=1S/C11H15BO/c1-9(2)7-8-13-11-5-3-10(12)4-6-11/h3-6,9H,7-8H2,1-2H3. The normalized spacial score (nSPS) is 10.4. The molecule has 1 aromatic carbocycles. The highest BCUT2D eigenvalue weighted by Gasteiger charge is 1.95. The van der Waals surface area contributed by atoms with Crippen LogP contribution in [0, 0.1) is 5.92 Å². The van der Waals surface area contributed by atoms with E-state index in [4.69, 9.17) is 12.6 Å². The first-order valence-corrected chi connectivity index (χ1v) is 4.67. The van der Waals surface area contributed by atoms with Crippen LogP contribution >= 0.6 is 0 Å². The van der Waals surface area contributed by atoms with E-state index in [1.54, 1.807) is 0 Å². The number of rotatable bonds is 4. The Kier molecular flexibility index (Phi) is 3.87. The zero-order valence-electron chi connectivity index (χ0n) is 8.29. The molecule has 0 aliphatic heterocycles. The molecule has 0 aliphatic rings. The molecule has 0 amide bonds. The van der Waals surface area contributed by atoms with Gasteiger partial charge >= 0.3 is 0 Å². The van der Waals surface area contributed by atoms with Crippen molar-refractivity contribution in [2.75, 3.05) is 6.61 Å². The van der Waals surface area contributed by atoms with E-state index >= 15 is 0 Å². The van der Waals surface area contributed by atoms with Crippen molar-refractivity contribution in [2.24, 2.45) is 5.92 Å². The Morgan fingerprint density at radius 2 is 1.85 bits per heavy atom. The lowest BCUT2D eigenvalue weighted by Gasteiger charge is -2.07. The second-order valence-electron chi connectivity index (χ2n) is 3.60. The Labute approximate surface area is 81.5 Å². The molecule has 1 nitrogen and oxygen atoms in total. The van der Waals surface area contributed by atoms with Crippen molar-refractivity contribution >= 4 is 13.3 Å². The molecule has 1 aromatic rings. The number of hydrogen-bond donors (Lipinski definition) is 0. The lowest BCUT2D eigenvalue weighted by Crippen LogP contribution is -2.03. The molecule has 0 heterocycles. The van der Waals surface area contributed by atoms with Crippen LogP contribution in [-0.4, -0.2) is 14.5 Å². The summed E-state index contributed by atoms with van der Waals surface area (Å²) in [5.74, 6) is 1.59. The van der Waals surface area contributed by atoms with E-state index in [1.165, 1.54) is 0 Å². The van der Waals surface area contributed by atoms with Gasteiger partial charge in [0.1, 0.15) is 13.6 Å². The molecular weight excluding hydrogens is 159 g/mol. The topological polar surface area (TPSA) is 9.23 Å². The summed E-state index contributed by atoms with van der Waals surface area (Å²) in [5.41, 5.74) is 0.774. The maximum atomic E-state index is 5.55. The first kappa shape index (κ1) is 10.2. The molecule has 0 saturated carbocycles. The van der Waals surface area contributed by atoms with Crippen molar-refractivity contribution in [3.63, 3.8) is 0 Å². The molecule has 0 aromatic heterocycles. The van der Waals surface area contributed by atoms with E-state index in [1.807, 2.05) is 24.3 Å². The van der Waals surface area contributed by atoms with E-state index < -0.39 is 0 Å². The van der Waals surface area contributed by atoms with Crippen LogP contribution in [-0.2, 0) is 0 Å². The Hall–Kier alpha value is -0.915. The number of hydrogen-bond acceptors (Lipinski definition) is 1. The van der Waals surface area contributed by atoms with E-state index in [9.17, 15) is 0 Å². The van der Waals surface area contributed by atoms with Crippen molar-refractivity contribution < 1.29 is 4.74 Å². The summed E-state index contributed by atoms with van der Waals surface area (Å²) in [5, 5.41) is 0. The summed E-state index contributed by atoms with van der Waals surface area (Å²) in [7, 11) is 5.55. The maximum absolute atomic E-state index is 5.55. The van der Waals surface area contributed by atoms with Crippen LogP contribution in [0.4, 0.5) is 0 Å². The van der Waals surface area contributed by atoms with Gasteiger partial charge in [0.15, 0.2) is 0 Å². The molecule has 1 rings (SSSR count). The van der Waals surface area contributed by atoms with Crippen molar-refractivity contribution in [1.82, 2.24) is 0 Å². The molecule has 0 aliphatic carbocycles. The highest BCUT2D eigenvalue weighted by molar-refractivity contribution is 6.32. The van der Waals surface area contributed by atoms with E-state index in [2.05, 4.69) is 13.8 Å². The Balaban J connectivity index is 2.33. The number of ether oxygens (including phenoxy) is 1. The molecule has 0 spiro atoms. The Bertz CT molecular complexity index is 241. The van der Waals surface area contributed by atoms with Crippen LogP contribution < -0.4 is 10.2 Å². The van der Waals surface area contributed by atoms with Crippen LogP contribution in [0.15, 0.2) is 24.3 Å². The monoisotopic (exact) mass is 174 g/mol. The lowest BCUT2D eigenvalue weighted by molar-refractivity contribution is 0.289. The van der Waals surface area contributed by atoms with Gasteiger partial charge in [-0.1, -0.05) is 31.4 Å². The van der Waals surface area contributed by atoms with E-state index in [0.29, 0.717) is 5.92 Å².